The molecule has 2 rings (SSSR count). The number of carbonyl (C=O) groups excluding carboxylic acids is 1. The standard InChI is InChI=1S/C19H32N6OS/c1-7-8-21-16-14-12-22-25(10-9-20-15(26)11-19(4,5)6)17(14)24-18(23-16)27-13(2)3/h12-13H,7-11H2,1-6H3,(H,20,26)(H,21,23,24). The Labute approximate surface area is 166 Å². The molecule has 2 aromatic heterocycles. The molecule has 0 fully saturated rings. The molecular formula is C19H32N6OS. The summed E-state index contributed by atoms with van der Waals surface area (Å²) >= 11 is 1.64. The van der Waals surface area contributed by atoms with Gasteiger partial charge in [-0.25, -0.2) is 14.6 Å². The van der Waals surface area contributed by atoms with Crippen molar-refractivity contribution in [1.82, 2.24) is 25.1 Å². The number of thioether (sulfide) groups is 1. The summed E-state index contributed by atoms with van der Waals surface area (Å²) in [6.07, 6.45) is 3.33. The van der Waals surface area contributed by atoms with Crippen molar-refractivity contribution < 1.29 is 4.79 Å². The molecule has 0 radical (unpaired) electrons. The van der Waals surface area contributed by atoms with E-state index in [-0.39, 0.29) is 11.3 Å². The van der Waals surface area contributed by atoms with Crippen molar-refractivity contribution in [2.45, 2.75) is 71.3 Å². The molecule has 0 aromatic carbocycles. The molecule has 27 heavy (non-hydrogen) atoms. The number of nitrogens with zero attached hydrogens (tertiary/aromatic N) is 4. The van der Waals surface area contributed by atoms with Crippen LogP contribution in [0.2, 0.25) is 0 Å². The second-order valence-electron chi connectivity index (χ2n) is 8.14. The minimum Gasteiger partial charge on any atom is -0.369 e. The van der Waals surface area contributed by atoms with Crippen LogP contribution in [0.25, 0.3) is 11.0 Å². The van der Waals surface area contributed by atoms with Crippen molar-refractivity contribution in [3.63, 3.8) is 0 Å². The molecule has 150 valence electrons. The average molecular weight is 393 g/mol. The van der Waals surface area contributed by atoms with Crippen LogP contribution in [0.15, 0.2) is 11.4 Å². The summed E-state index contributed by atoms with van der Waals surface area (Å²) in [4.78, 5) is 21.4. The molecule has 0 unspecified atom stereocenters. The highest BCUT2D eigenvalue weighted by molar-refractivity contribution is 7.99. The van der Waals surface area contributed by atoms with E-state index in [9.17, 15) is 4.79 Å². The van der Waals surface area contributed by atoms with Gasteiger partial charge < -0.3 is 10.6 Å². The molecule has 0 saturated heterocycles. The van der Waals surface area contributed by atoms with Crippen LogP contribution in [0.1, 0.15) is 54.4 Å². The summed E-state index contributed by atoms with van der Waals surface area (Å²) in [6, 6.07) is 0. The van der Waals surface area contributed by atoms with E-state index >= 15 is 0 Å². The van der Waals surface area contributed by atoms with Crippen molar-refractivity contribution in [2.24, 2.45) is 5.41 Å². The highest BCUT2D eigenvalue weighted by atomic mass is 32.2. The van der Waals surface area contributed by atoms with Crippen molar-refractivity contribution in [1.29, 1.82) is 0 Å². The van der Waals surface area contributed by atoms with Gasteiger partial charge in [0, 0.05) is 24.8 Å². The van der Waals surface area contributed by atoms with Crippen LogP contribution in [0.3, 0.4) is 0 Å². The Hall–Kier alpha value is -1.83. The number of hydrogen-bond acceptors (Lipinski definition) is 6. The highest BCUT2D eigenvalue weighted by Gasteiger charge is 2.16. The molecule has 0 aliphatic heterocycles. The Morgan fingerprint density at radius 3 is 2.63 bits per heavy atom. The van der Waals surface area contributed by atoms with E-state index in [2.05, 4.69) is 62.3 Å². The largest absolute Gasteiger partial charge is 0.369 e. The summed E-state index contributed by atoms with van der Waals surface area (Å²) in [5, 5.41) is 12.9. The normalized spacial score (nSPS) is 12.0. The zero-order chi connectivity index (χ0) is 20.0. The SMILES string of the molecule is CCCNc1nc(SC(C)C)nc2c1cnn2CCNC(=O)CC(C)(C)C. The van der Waals surface area contributed by atoms with Crippen LogP contribution in [0.5, 0.6) is 0 Å². The second-order valence-corrected chi connectivity index (χ2v) is 9.68. The molecule has 2 heterocycles. The lowest BCUT2D eigenvalue weighted by Gasteiger charge is -2.17. The Kier molecular flexibility index (Phi) is 7.47. The maximum absolute atomic E-state index is 12.0. The van der Waals surface area contributed by atoms with E-state index in [4.69, 9.17) is 4.98 Å². The average Bonchev–Trinajstić information content (AvgIpc) is 2.93. The minimum atomic E-state index is -0.0154. The van der Waals surface area contributed by atoms with Gasteiger partial charge in [0.15, 0.2) is 10.8 Å². The molecule has 0 aliphatic rings. The third kappa shape index (κ3) is 6.68. The fraction of sp³-hybridized carbons (Fsp3) is 0.684. The molecular weight excluding hydrogens is 360 g/mol. The van der Waals surface area contributed by atoms with Crippen LogP contribution in [-0.2, 0) is 11.3 Å². The number of anilines is 1. The van der Waals surface area contributed by atoms with E-state index in [1.807, 2.05) is 4.68 Å². The number of carbonyl (C=O) groups is 1. The quantitative estimate of drug-likeness (QED) is 0.500. The monoisotopic (exact) mass is 392 g/mol. The third-order valence-electron chi connectivity index (χ3n) is 3.70. The Morgan fingerprint density at radius 2 is 2.00 bits per heavy atom. The van der Waals surface area contributed by atoms with Crippen LogP contribution in [0.4, 0.5) is 5.82 Å². The first-order chi connectivity index (χ1) is 12.7. The summed E-state index contributed by atoms with van der Waals surface area (Å²) in [6.45, 7) is 14.5. The van der Waals surface area contributed by atoms with E-state index in [0.29, 0.717) is 24.8 Å². The maximum atomic E-state index is 12.0. The van der Waals surface area contributed by atoms with Gasteiger partial charge in [-0.1, -0.05) is 53.3 Å². The number of fused-ring (bicyclic) bond motifs is 1. The Bertz CT molecular complexity index is 765. The highest BCUT2D eigenvalue weighted by Crippen LogP contribution is 2.26. The topological polar surface area (TPSA) is 84.7 Å². The van der Waals surface area contributed by atoms with Crippen molar-refractivity contribution in [3.05, 3.63) is 6.20 Å². The number of aromatic nitrogens is 4. The molecule has 1 amide bonds. The first-order valence-corrected chi connectivity index (χ1v) is 10.5. The smallest absolute Gasteiger partial charge is 0.220 e. The zero-order valence-corrected chi connectivity index (χ0v) is 18.1. The van der Waals surface area contributed by atoms with Gasteiger partial charge in [0.25, 0.3) is 0 Å². The van der Waals surface area contributed by atoms with Crippen LogP contribution in [0, 0.1) is 5.41 Å². The number of nitrogens with one attached hydrogen (secondary N) is 2. The summed E-state index contributed by atoms with van der Waals surface area (Å²) in [5.74, 6) is 0.892. The summed E-state index contributed by atoms with van der Waals surface area (Å²) in [7, 11) is 0. The molecule has 8 heteroatoms. The molecule has 0 atom stereocenters. The van der Waals surface area contributed by atoms with Crippen LogP contribution in [-0.4, -0.2) is 44.0 Å². The second kappa shape index (κ2) is 9.39. The summed E-state index contributed by atoms with van der Waals surface area (Å²) in [5.41, 5.74) is 0.787. The fourth-order valence-corrected chi connectivity index (χ4v) is 3.29. The van der Waals surface area contributed by atoms with Gasteiger partial charge in [0.1, 0.15) is 5.82 Å². The van der Waals surface area contributed by atoms with E-state index in [1.54, 1.807) is 18.0 Å². The summed E-state index contributed by atoms with van der Waals surface area (Å²) < 4.78 is 1.84. The van der Waals surface area contributed by atoms with Crippen molar-refractivity contribution in [2.75, 3.05) is 18.4 Å². The molecule has 0 aliphatic carbocycles. The Morgan fingerprint density at radius 1 is 1.26 bits per heavy atom. The molecule has 7 nitrogen and oxygen atoms in total. The van der Waals surface area contributed by atoms with E-state index < -0.39 is 0 Å². The molecule has 0 spiro atoms. The van der Waals surface area contributed by atoms with Gasteiger partial charge in [0.05, 0.1) is 18.1 Å². The van der Waals surface area contributed by atoms with Gasteiger partial charge in [-0.2, -0.15) is 5.10 Å². The third-order valence-corrected chi connectivity index (χ3v) is 4.56. The predicted octanol–water partition coefficient (Wildman–Crippen LogP) is 3.70. The first-order valence-electron chi connectivity index (χ1n) is 9.60. The predicted molar refractivity (Wildman–Crippen MR) is 112 cm³/mol. The molecule has 2 aromatic rings. The molecule has 0 saturated carbocycles. The van der Waals surface area contributed by atoms with Crippen molar-refractivity contribution in [3.8, 4) is 0 Å². The van der Waals surface area contributed by atoms with Crippen LogP contribution < -0.4 is 10.6 Å². The maximum Gasteiger partial charge on any atom is 0.220 e. The van der Waals surface area contributed by atoms with E-state index in [1.165, 1.54) is 0 Å². The number of amides is 1. The van der Waals surface area contributed by atoms with Gasteiger partial charge in [-0.3, -0.25) is 4.79 Å². The lowest BCUT2D eigenvalue weighted by atomic mass is 9.92. The molecule has 2 N–H and O–H groups in total. The number of hydrogen-bond donors (Lipinski definition) is 2. The van der Waals surface area contributed by atoms with Gasteiger partial charge in [0.2, 0.25) is 5.91 Å². The van der Waals surface area contributed by atoms with Gasteiger partial charge in [-0.05, 0) is 11.8 Å². The fourth-order valence-electron chi connectivity index (χ4n) is 2.59. The number of rotatable bonds is 9. The van der Waals surface area contributed by atoms with Gasteiger partial charge >= 0.3 is 0 Å². The first kappa shape index (κ1) is 21.5. The van der Waals surface area contributed by atoms with Gasteiger partial charge in [-0.15, -0.1) is 0 Å². The lowest BCUT2D eigenvalue weighted by Crippen LogP contribution is -2.30. The minimum absolute atomic E-state index is 0.0154. The van der Waals surface area contributed by atoms with Crippen LogP contribution >= 0.6 is 11.8 Å². The van der Waals surface area contributed by atoms with E-state index in [0.717, 1.165) is 35.0 Å². The molecule has 0 bridgehead atoms. The zero-order valence-electron chi connectivity index (χ0n) is 17.3. The Balaban J connectivity index is 2.15. The lowest BCUT2D eigenvalue weighted by molar-refractivity contribution is -0.122. The van der Waals surface area contributed by atoms with Crippen molar-refractivity contribution >= 4 is 34.5 Å².